The van der Waals surface area contributed by atoms with E-state index < -0.39 is 0 Å². The minimum Gasteiger partial charge on any atom is -0.497 e. The van der Waals surface area contributed by atoms with Crippen LogP contribution in [-0.2, 0) is 20.9 Å². The van der Waals surface area contributed by atoms with Crippen molar-refractivity contribution in [3.8, 4) is 5.75 Å². The molecule has 1 aromatic carbocycles. The molecule has 0 aliphatic heterocycles. The van der Waals surface area contributed by atoms with Gasteiger partial charge in [0, 0.05) is 19.4 Å². The van der Waals surface area contributed by atoms with Crippen molar-refractivity contribution in [2.75, 3.05) is 13.7 Å². The number of amides is 1. The summed E-state index contributed by atoms with van der Waals surface area (Å²) >= 11 is 0. The van der Waals surface area contributed by atoms with E-state index in [1.165, 1.54) is 0 Å². The highest BCUT2D eigenvalue weighted by Crippen LogP contribution is 2.11. The van der Waals surface area contributed by atoms with Crippen molar-refractivity contribution < 1.29 is 19.1 Å². The molecule has 122 valence electrons. The molecular formula is C17H25NO4. The van der Waals surface area contributed by atoms with Gasteiger partial charge < -0.3 is 14.8 Å². The van der Waals surface area contributed by atoms with Gasteiger partial charge in [0.05, 0.1) is 13.7 Å². The van der Waals surface area contributed by atoms with Gasteiger partial charge in [-0.25, -0.2) is 0 Å². The molecule has 1 aromatic rings. The van der Waals surface area contributed by atoms with Gasteiger partial charge in [-0.2, -0.15) is 0 Å². The lowest BCUT2D eigenvalue weighted by atomic mass is 10.2. The number of methoxy groups -OCH3 is 1. The fourth-order valence-corrected chi connectivity index (χ4v) is 1.83. The molecule has 0 saturated heterocycles. The van der Waals surface area contributed by atoms with E-state index in [9.17, 15) is 9.59 Å². The van der Waals surface area contributed by atoms with E-state index in [-0.39, 0.29) is 11.9 Å². The second-order valence-corrected chi connectivity index (χ2v) is 5.05. The summed E-state index contributed by atoms with van der Waals surface area (Å²) in [4.78, 5) is 23.1. The fraction of sp³-hybridized carbons (Fsp3) is 0.529. The lowest BCUT2D eigenvalue weighted by Crippen LogP contribution is -2.22. The summed E-state index contributed by atoms with van der Waals surface area (Å²) in [6.45, 7) is 2.99. The normalized spacial score (nSPS) is 10.1. The van der Waals surface area contributed by atoms with Gasteiger partial charge in [0.1, 0.15) is 5.75 Å². The maximum absolute atomic E-state index is 11.7. The monoisotopic (exact) mass is 307 g/mol. The van der Waals surface area contributed by atoms with Crippen molar-refractivity contribution >= 4 is 11.9 Å². The summed E-state index contributed by atoms with van der Waals surface area (Å²) in [5.41, 5.74) is 1.01. The first kappa shape index (κ1) is 18.0. The summed E-state index contributed by atoms with van der Waals surface area (Å²) < 4.78 is 10.1. The number of esters is 1. The number of benzene rings is 1. The van der Waals surface area contributed by atoms with E-state index in [0.29, 0.717) is 32.4 Å². The van der Waals surface area contributed by atoms with E-state index in [1.807, 2.05) is 31.2 Å². The zero-order valence-electron chi connectivity index (χ0n) is 13.4. The number of hydrogen-bond acceptors (Lipinski definition) is 4. The molecule has 0 bridgehead atoms. The van der Waals surface area contributed by atoms with Crippen molar-refractivity contribution in [2.45, 2.75) is 45.6 Å². The Morgan fingerprint density at radius 1 is 1.09 bits per heavy atom. The Balaban J connectivity index is 2.13. The summed E-state index contributed by atoms with van der Waals surface area (Å²) in [7, 11) is 1.62. The number of unbranched alkanes of at least 4 members (excludes halogenated alkanes) is 1. The average molecular weight is 307 g/mol. The highest BCUT2D eigenvalue weighted by Gasteiger charge is 2.06. The molecule has 0 unspecified atom stereocenters. The molecule has 0 radical (unpaired) electrons. The van der Waals surface area contributed by atoms with Crippen LogP contribution in [0.15, 0.2) is 24.3 Å². The van der Waals surface area contributed by atoms with Crippen LogP contribution in [0, 0.1) is 0 Å². The molecule has 1 N–H and O–H groups in total. The predicted octanol–water partition coefficient (Wildman–Crippen LogP) is 2.83. The summed E-state index contributed by atoms with van der Waals surface area (Å²) in [6.07, 6.45) is 3.02. The Labute approximate surface area is 132 Å². The van der Waals surface area contributed by atoms with Gasteiger partial charge >= 0.3 is 5.97 Å². The minimum atomic E-state index is -0.226. The first-order valence-corrected chi connectivity index (χ1v) is 7.71. The molecule has 0 atom stereocenters. The Kier molecular flexibility index (Phi) is 8.72. The van der Waals surface area contributed by atoms with Crippen LogP contribution in [0.5, 0.6) is 5.75 Å². The van der Waals surface area contributed by atoms with Gasteiger partial charge in [-0.15, -0.1) is 0 Å². The number of carbonyl (C=O) groups is 2. The summed E-state index contributed by atoms with van der Waals surface area (Å²) in [5, 5.41) is 2.83. The highest BCUT2D eigenvalue weighted by molar-refractivity contribution is 5.77. The molecule has 1 rings (SSSR count). The van der Waals surface area contributed by atoms with Crippen LogP contribution in [0.25, 0.3) is 0 Å². The van der Waals surface area contributed by atoms with Gasteiger partial charge in [0.15, 0.2) is 0 Å². The molecule has 0 fully saturated rings. The maximum atomic E-state index is 11.7. The van der Waals surface area contributed by atoms with Crippen LogP contribution in [0.4, 0.5) is 0 Å². The van der Waals surface area contributed by atoms with E-state index in [4.69, 9.17) is 9.47 Å². The highest BCUT2D eigenvalue weighted by atomic mass is 16.5. The lowest BCUT2D eigenvalue weighted by molar-refractivity contribution is -0.143. The topological polar surface area (TPSA) is 64.6 Å². The first-order chi connectivity index (χ1) is 10.7. The largest absolute Gasteiger partial charge is 0.497 e. The van der Waals surface area contributed by atoms with Gasteiger partial charge in [0.25, 0.3) is 0 Å². The lowest BCUT2D eigenvalue weighted by Gasteiger charge is -2.07. The second-order valence-electron chi connectivity index (χ2n) is 5.05. The number of carbonyl (C=O) groups excluding carboxylic acids is 2. The Bertz CT molecular complexity index is 456. The van der Waals surface area contributed by atoms with E-state index in [2.05, 4.69) is 5.32 Å². The van der Waals surface area contributed by atoms with Gasteiger partial charge in [-0.1, -0.05) is 25.5 Å². The van der Waals surface area contributed by atoms with Crippen LogP contribution >= 0.6 is 0 Å². The molecule has 0 aliphatic carbocycles. The van der Waals surface area contributed by atoms with Gasteiger partial charge in [-0.05, 0) is 30.5 Å². The van der Waals surface area contributed by atoms with Crippen molar-refractivity contribution in [3.05, 3.63) is 29.8 Å². The van der Waals surface area contributed by atoms with E-state index in [0.717, 1.165) is 24.2 Å². The molecule has 0 aromatic heterocycles. The molecule has 22 heavy (non-hydrogen) atoms. The zero-order chi connectivity index (χ0) is 16.2. The summed E-state index contributed by atoms with van der Waals surface area (Å²) in [6, 6.07) is 7.52. The molecular weight excluding hydrogens is 282 g/mol. The smallest absolute Gasteiger partial charge is 0.305 e. The third-order valence-electron chi connectivity index (χ3n) is 3.19. The average Bonchev–Trinajstić information content (AvgIpc) is 2.53. The van der Waals surface area contributed by atoms with Crippen LogP contribution in [0.2, 0.25) is 0 Å². The van der Waals surface area contributed by atoms with Crippen LogP contribution in [0.3, 0.4) is 0 Å². The molecule has 1 amide bonds. The minimum absolute atomic E-state index is 0.0582. The quantitative estimate of drug-likeness (QED) is 0.533. The standard InChI is InChI=1S/C17H25NO4/c1-3-4-12-22-17(20)7-5-6-16(19)18-13-14-8-10-15(21-2)11-9-14/h8-11H,3-7,12-13H2,1-2H3,(H,18,19). The molecule has 0 aliphatic rings. The molecule has 0 saturated carbocycles. The van der Waals surface area contributed by atoms with Crippen molar-refractivity contribution in [3.63, 3.8) is 0 Å². The SMILES string of the molecule is CCCCOC(=O)CCCC(=O)NCc1ccc(OC)cc1. The Hall–Kier alpha value is -2.04. The maximum Gasteiger partial charge on any atom is 0.305 e. The van der Waals surface area contributed by atoms with Crippen LogP contribution < -0.4 is 10.1 Å². The number of hydrogen-bond donors (Lipinski definition) is 1. The van der Waals surface area contributed by atoms with Crippen LogP contribution in [0.1, 0.15) is 44.6 Å². The number of rotatable bonds is 10. The van der Waals surface area contributed by atoms with Crippen LogP contribution in [-0.4, -0.2) is 25.6 Å². The predicted molar refractivity (Wildman–Crippen MR) is 84.6 cm³/mol. The fourth-order valence-electron chi connectivity index (χ4n) is 1.83. The van der Waals surface area contributed by atoms with E-state index in [1.54, 1.807) is 7.11 Å². The van der Waals surface area contributed by atoms with Gasteiger partial charge in [0.2, 0.25) is 5.91 Å². The molecule has 0 heterocycles. The molecule has 5 nitrogen and oxygen atoms in total. The third kappa shape index (κ3) is 7.67. The van der Waals surface area contributed by atoms with E-state index >= 15 is 0 Å². The van der Waals surface area contributed by atoms with Gasteiger partial charge in [-0.3, -0.25) is 9.59 Å². The second kappa shape index (κ2) is 10.7. The number of nitrogens with one attached hydrogen (secondary N) is 1. The number of ether oxygens (including phenoxy) is 2. The molecule has 0 spiro atoms. The third-order valence-corrected chi connectivity index (χ3v) is 3.19. The Morgan fingerprint density at radius 2 is 1.82 bits per heavy atom. The zero-order valence-corrected chi connectivity index (χ0v) is 13.4. The van der Waals surface area contributed by atoms with Crippen molar-refractivity contribution in [1.82, 2.24) is 5.32 Å². The van der Waals surface area contributed by atoms with Crippen molar-refractivity contribution in [1.29, 1.82) is 0 Å². The van der Waals surface area contributed by atoms with Crippen molar-refractivity contribution in [2.24, 2.45) is 0 Å². The summed E-state index contributed by atoms with van der Waals surface area (Å²) in [5.74, 6) is 0.505. The first-order valence-electron chi connectivity index (χ1n) is 7.71. The molecule has 5 heteroatoms. The Morgan fingerprint density at radius 3 is 2.45 bits per heavy atom.